The Morgan fingerprint density at radius 2 is 1.97 bits per heavy atom. The first-order valence-electron chi connectivity index (χ1n) is 8.58. The lowest BCUT2D eigenvalue weighted by Gasteiger charge is -2.22. The summed E-state index contributed by atoms with van der Waals surface area (Å²) in [6, 6.07) is 8.52. The molecule has 30 heavy (non-hydrogen) atoms. The van der Waals surface area contributed by atoms with Gasteiger partial charge in [-0.25, -0.2) is 9.18 Å². The number of thiocarbonyl (C=S) groups is 1. The number of halogens is 1. The molecule has 10 heteroatoms. The maximum atomic E-state index is 13.9. The van der Waals surface area contributed by atoms with Gasteiger partial charge in [-0.3, -0.25) is 14.5 Å². The van der Waals surface area contributed by atoms with Gasteiger partial charge in [-0.05, 0) is 31.2 Å². The van der Waals surface area contributed by atoms with Crippen molar-refractivity contribution in [2.24, 2.45) is 0 Å². The van der Waals surface area contributed by atoms with Crippen LogP contribution in [0.2, 0.25) is 0 Å². The van der Waals surface area contributed by atoms with Crippen molar-refractivity contribution in [2.45, 2.75) is 13.0 Å². The smallest absolute Gasteiger partial charge is 0.339 e. The van der Waals surface area contributed by atoms with E-state index in [0.717, 1.165) is 28.8 Å². The lowest BCUT2D eigenvalue weighted by atomic mass is 10.1. The highest BCUT2D eigenvalue weighted by Gasteiger charge is 2.38. The first-order chi connectivity index (χ1) is 14.2. The predicted molar refractivity (Wildman–Crippen MR) is 115 cm³/mol. The van der Waals surface area contributed by atoms with Gasteiger partial charge in [-0.2, -0.15) is 0 Å². The van der Waals surface area contributed by atoms with Crippen LogP contribution in [0.4, 0.5) is 10.1 Å². The summed E-state index contributed by atoms with van der Waals surface area (Å²) in [5.41, 5.74) is 0.0714. The highest BCUT2D eigenvalue weighted by molar-refractivity contribution is 8.26. The number of carboxylic acid groups (broad SMARTS) is 1. The van der Waals surface area contributed by atoms with Crippen molar-refractivity contribution in [1.82, 2.24) is 4.90 Å². The average Bonchev–Trinajstić information content (AvgIpc) is 2.96. The molecule has 0 radical (unpaired) electrons. The summed E-state index contributed by atoms with van der Waals surface area (Å²) in [6.07, 6.45) is 1.38. The van der Waals surface area contributed by atoms with E-state index < -0.39 is 35.4 Å². The largest absolute Gasteiger partial charge is 0.507 e. The van der Waals surface area contributed by atoms with Gasteiger partial charge in [0.05, 0.1) is 4.91 Å². The number of hydrogen-bond acceptors (Lipinski definition) is 6. The molecule has 1 fully saturated rings. The van der Waals surface area contributed by atoms with Crippen molar-refractivity contribution >= 4 is 57.8 Å². The summed E-state index contributed by atoms with van der Waals surface area (Å²) in [7, 11) is 0. The van der Waals surface area contributed by atoms with E-state index in [-0.39, 0.29) is 26.0 Å². The zero-order chi connectivity index (χ0) is 22.0. The van der Waals surface area contributed by atoms with Crippen LogP contribution in [-0.2, 0) is 9.59 Å². The number of carbonyl (C=O) groups excluding carboxylic acids is 2. The Morgan fingerprint density at radius 1 is 1.27 bits per heavy atom. The second-order valence-corrected chi connectivity index (χ2v) is 7.95. The van der Waals surface area contributed by atoms with Gasteiger partial charge < -0.3 is 15.5 Å². The van der Waals surface area contributed by atoms with E-state index in [0.29, 0.717) is 0 Å². The number of amides is 2. The first-order valence-corrected chi connectivity index (χ1v) is 9.80. The standard InChI is InChI=1S/C20H15FN2O5S2/c1-10(17(25)22-12-6-7-13(19(27)28)15(24)9-12)23-18(26)16(30-20(23)29)8-11-4-2-3-5-14(11)21/h2-10,24H,1H3,(H,22,25)(H,27,28)/b16-8+. The van der Waals surface area contributed by atoms with Crippen molar-refractivity contribution in [1.29, 1.82) is 0 Å². The van der Waals surface area contributed by atoms with Crippen LogP contribution in [-0.4, -0.2) is 43.3 Å². The highest BCUT2D eigenvalue weighted by atomic mass is 32.2. The molecular formula is C20H15FN2O5S2. The molecule has 2 amide bonds. The highest BCUT2D eigenvalue weighted by Crippen LogP contribution is 2.34. The quantitative estimate of drug-likeness (QED) is 0.477. The summed E-state index contributed by atoms with van der Waals surface area (Å²) in [5, 5.41) is 21.2. The Labute approximate surface area is 180 Å². The molecule has 0 saturated carbocycles. The number of nitrogens with one attached hydrogen (secondary N) is 1. The third-order valence-corrected chi connectivity index (χ3v) is 5.61. The number of benzene rings is 2. The zero-order valence-electron chi connectivity index (χ0n) is 15.5. The van der Waals surface area contributed by atoms with Crippen LogP contribution >= 0.6 is 24.0 Å². The summed E-state index contributed by atoms with van der Waals surface area (Å²) in [4.78, 5) is 37.6. The van der Waals surface area contributed by atoms with Gasteiger partial charge in [0.25, 0.3) is 5.91 Å². The molecule has 1 aliphatic rings. The van der Waals surface area contributed by atoms with Gasteiger partial charge in [0.2, 0.25) is 5.91 Å². The monoisotopic (exact) mass is 446 g/mol. The Morgan fingerprint density at radius 3 is 2.60 bits per heavy atom. The fourth-order valence-corrected chi connectivity index (χ4v) is 4.11. The van der Waals surface area contributed by atoms with Crippen LogP contribution in [0.3, 0.4) is 0 Å². The van der Waals surface area contributed by atoms with E-state index in [4.69, 9.17) is 17.3 Å². The van der Waals surface area contributed by atoms with Crippen molar-refractivity contribution in [3.8, 4) is 5.75 Å². The number of aromatic hydroxyl groups is 1. The summed E-state index contributed by atoms with van der Waals surface area (Å²) in [6.45, 7) is 1.47. The number of thioether (sulfide) groups is 1. The van der Waals surface area contributed by atoms with Crippen molar-refractivity contribution < 1.29 is 29.0 Å². The number of carboxylic acids is 1. The fourth-order valence-electron chi connectivity index (χ4n) is 2.70. The van der Waals surface area contributed by atoms with Crippen LogP contribution < -0.4 is 5.32 Å². The van der Waals surface area contributed by atoms with Gasteiger partial charge in [0.15, 0.2) is 0 Å². The second-order valence-electron chi connectivity index (χ2n) is 6.28. The molecule has 1 atom stereocenters. The second kappa shape index (κ2) is 8.64. The molecule has 3 N–H and O–H groups in total. The molecule has 154 valence electrons. The molecule has 1 unspecified atom stereocenters. The maximum Gasteiger partial charge on any atom is 0.339 e. The van der Waals surface area contributed by atoms with Crippen LogP contribution in [0, 0.1) is 5.82 Å². The molecule has 1 saturated heterocycles. The summed E-state index contributed by atoms with van der Waals surface area (Å²) in [5.74, 6) is -3.43. The molecule has 0 aliphatic carbocycles. The number of nitrogens with zero attached hydrogens (tertiary/aromatic N) is 1. The molecule has 2 aromatic rings. The number of phenols is 1. The summed E-state index contributed by atoms with van der Waals surface area (Å²) >= 11 is 6.18. The Bertz CT molecular complexity index is 1100. The third-order valence-electron chi connectivity index (χ3n) is 4.28. The zero-order valence-corrected chi connectivity index (χ0v) is 17.1. The van der Waals surface area contributed by atoms with Gasteiger partial charge in [-0.1, -0.05) is 42.2 Å². The van der Waals surface area contributed by atoms with E-state index in [1.54, 1.807) is 6.07 Å². The van der Waals surface area contributed by atoms with Crippen molar-refractivity contribution in [2.75, 3.05) is 5.32 Å². The molecule has 3 rings (SSSR count). The number of rotatable bonds is 5. The van der Waals surface area contributed by atoms with E-state index in [1.165, 1.54) is 37.3 Å². The number of anilines is 1. The molecule has 0 aromatic heterocycles. The van der Waals surface area contributed by atoms with E-state index in [9.17, 15) is 23.9 Å². The Kier molecular flexibility index (Phi) is 6.18. The van der Waals surface area contributed by atoms with Crippen LogP contribution in [0.25, 0.3) is 6.08 Å². The van der Waals surface area contributed by atoms with Gasteiger partial charge in [-0.15, -0.1) is 0 Å². The maximum absolute atomic E-state index is 13.9. The lowest BCUT2D eigenvalue weighted by Crippen LogP contribution is -2.44. The average molecular weight is 446 g/mol. The van der Waals surface area contributed by atoms with Crippen molar-refractivity contribution in [3.63, 3.8) is 0 Å². The van der Waals surface area contributed by atoms with E-state index >= 15 is 0 Å². The first kappa shape index (κ1) is 21.5. The number of hydrogen-bond donors (Lipinski definition) is 3. The van der Waals surface area contributed by atoms with Crippen molar-refractivity contribution in [3.05, 3.63) is 64.3 Å². The van der Waals surface area contributed by atoms with E-state index in [2.05, 4.69) is 5.32 Å². The molecule has 0 spiro atoms. The predicted octanol–water partition coefficient (Wildman–Crippen LogP) is 3.46. The SMILES string of the molecule is CC(C(=O)Nc1ccc(C(=O)O)c(O)c1)N1C(=O)/C(=C\c2ccccc2F)SC1=S. The lowest BCUT2D eigenvalue weighted by molar-refractivity contribution is -0.129. The number of aromatic carboxylic acids is 1. The molecule has 2 aromatic carbocycles. The Balaban J connectivity index is 1.77. The fraction of sp³-hybridized carbons (Fsp3) is 0.100. The molecule has 1 heterocycles. The van der Waals surface area contributed by atoms with Crippen LogP contribution in [0.5, 0.6) is 5.75 Å². The van der Waals surface area contributed by atoms with Crippen LogP contribution in [0.15, 0.2) is 47.4 Å². The topological polar surface area (TPSA) is 107 Å². The van der Waals surface area contributed by atoms with Gasteiger partial charge in [0.1, 0.15) is 27.5 Å². The minimum atomic E-state index is -1.31. The van der Waals surface area contributed by atoms with Crippen LogP contribution in [0.1, 0.15) is 22.8 Å². The molecule has 7 nitrogen and oxygen atoms in total. The Hall–Kier alpha value is -3.24. The normalized spacial score (nSPS) is 16.1. The molecular weight excluding hydrogens is 431 g/mol. The third kappa shape index (κ3) is 4.34. The van der Waals surface area contributed by atoms with Gasteiger partial charge in [0, 0.05) is 17.3 Å². The van der Waals surface area contributed by atoms with Gasteiger partial charge >= 0.3 is 5.97 Å². The minimum absolute atomic E-state index is 0.148. The summed E-state index contributed by atoms with van der Waals surface area (Å²) < 4.78 is 14.0. The number of carbonyl (C=O) groups is 3. The van der Waals surface area contributed by atoms with E-state index in [1.807, 2.05) is 0 Å². The minimum Gasteiger partial charge on any atom is -0.507 e. The molecule has 1 aliphatic heterocycles. The molecule has 0 bridgehead atoms.